The normalized spacial score (nSPS) is 19.5. The predicted octanol–water partition coefficient (Wildman–Crippen LogP) is 3.24. The minimum Gasteiger partial charge on any atom is -0.487 e. The van der Waals surface area contributed by atoms with Gasteiger partial charge in [0, 0.05) is 24.4 Å². The first-order valence-corrected chi connectivity index (χ1v) is 8.71. The van der Waals surface area contributed by atoms with Crippen molar-refractivity contribution in [1.29, 1.82) is 0 Å². The van der Waals surface area contributed by atoms with Gasteiger partial charge in [0.25, 0.3) is 6.43 Å². The van der Waals surface area contributed by atoms with Crippen LogP contribution >= 0.6 is 0 Å². The number of carbonyl (C=O) groups excluding carboxylic acids is 1. The number of aliphatic imine (C=N–C) groups is 1. The van der Waals surface area contributed by atoms with Crippen LogP contribution in [-0.4, -0.2) is 36.3 Å². The lowest BCUT2D eigenvalue weighted by Gasteiger charge is -2.34. The Kier molecular flexibility index (Phi) is 5.54. The van der Waals surface area contributed by atoms with Crippen LogP contribution in [0.4, 0.5) is 8.78 Å². The van der Waals surface area contributed by atoms with E-state index in [2.05, 4.69) is 10.3 Å². The van der Waals surface area contributed by atoms with Gasteiger partial charge in [0.05, 0.1) is 0 Å². The summed E-state index contributed by atoms with van der Waals surface area (Å²) in [5, 5.41) is 2.98. The molecule has 0 radical (unpaired) electrons. The van der Waals surface area contributed by atoms with Crippen LogP contribution in [0.2, 0.25) is 0 Å². The highest BCUT2D eigenvalue weighted by Crippen LogP contribution is 2.29. The topological polar surface area (TPSA) is 53.9 Å². The molecule has 0 spiro atoms. The second-order valence-corrected chi connectivity index (χ2v) is 6.69. The van der Waals surface area contributed by atoms with Crippen molar-refractivity contribution >= 4 is 12.1 Å². The van der Waals surface area contributed by atoms with Gasteiger partial charge in [-0.3, -0.25) is 4.79 Å². The van der Waals surface area contributed by atoms with Gasteiger partial charge >= 0.3 is 0 Å². The molecule has 26 heavy (non-hydrogen) atoms. The molecule has 7 heteroatoms. The monoisotopic (exact) mass is 363 g/mol. The summed E-state index contributed by atoms with van der Waals surface area (Å²) in [7, 11) is 0. The summed E-state index contributed by atoms with van der Waals surface area (Å²) in [6, 6.07) is 5.46. The highest BCUT2D eigenvalue weighted by atomic mass is 19.3. The number of alkyl halides is 2. The summed E-state index contributed by atoms with van der Waals surface area (Å²) in [6.45, 7) is 3.73. The number of amides is 1. The van der Waals surface area contributed by atoms with Gasteiger partial charge in [0.15, 0.2) is 6.29 Å². The van der Waals surface area contributed by atoms with Crippen molar-refractivity contribution in [2.24, 2.45) is 10.9 Å². The van der Waals surface area contributed by atoms with E-state index >= 15 is 0 Å². The van der Waals surface area contributed by atoms with Crippen molar-refractivity contribution in [2.75, 3.05) is 6.61 Å². The third kappa shape index (κ3) is 4.59. The number of benzene rings is 1. The van der Waals surface area contributed by atoms with E-state index in [9.17, 15) is 13.6 Å². The lowest BCUT2D eigenvalue weighted by Crippen LogP contribution is -2.47. The van der Waals surface area contributed by atoms with Crippen molar-refractivity contribution < 1.29 is 18.3 Å². The maximum Gasteiger partial charge on any atom is 0.272 e. The predicted molar refractivity (Wildman–Crippen MR) is 95.1 cm³/mol. The molecule has 1 aromatic carbocycles. The number of aryl methyl sites for hydroxylation is 1. The zero-order valence-electron chi connectivity index (χ0n) is 14.9. The number of ether oxygens (including phenoxy) is 1. The van der Waals surface area contributed by atoms with E-state index in [0.29, 0.717) is 12.3 Å². The summed E-state index contributed by atoms with van der Waals surface area (Å²) >= 11 is 0. The Hall–Kier alpha value is -2.44. The molecular weight excluding hydrogens is 340 g/mol. The zero-order chi connectivity index (χ0) is 18.7. The van der Waals surface area contributed by atoms with Gasteiger partial charge in [-0.15, -0.1) is 0 Å². The van der Waals surface area contributed by atoms with Gasteiger partial charge in [0.2, 0.25) is 5.91 Å². The molecule has 1 aromatic rings. The largest absolute Gasteiger partial charge is 0.487 e. The van der Waals surface area contributed by atoms with Gasteiger partial charge in [-0.2, -0.15) is 0 Å². The first-order valence-electron chi connectivity index (χ1n) is 8.71. The third-order valence-corrected chi connectivity index (χ3v) is 4.47. The number of hydrogen-bond donors (Lipinski definition) is 1. The molecule has 1 saturated carbocycles. The molecule has 5 nitrogen and oxygen atoms in total. The summed E-state index contributed by atoms with van der Waals surface area (Å²) in [6.07, 6.45) is 2.56. The number of rotatable bonds is 7. The molecule has 1 heterocycles. The van der Waals surface area contributed by atoms with Crippen LogP contribution in [0.15, 0.2) is 35.0 Å². The third-order valence-electron chi connectivity index (χ3n) is 4.47. The minimum atomic E-state index is -2.50. The first-order chi connectivity index (χ1) is 12.4. The smallest absolute Gasteiger partial charge is 0.272 e. The van der Waals surface area contributed by atoms with E-state index < -0.39 is 19.3 Å². The maximum absolute atomic E-state index is 12.3. The number of hydrogen-bond acceptors (Lipinski definition) is 4. The van der Waals surface area contributed by atoms with E-state index in [1.807, 2.05) is 37.0 Å². The fourth-order valence-corrected chi connectivity index (χ4v) is 2.84. The van der Waals surface area contributed by atoms with Crippen LogP contribution < -0.4 is 10.1 Å². The molecule has 0 saturated heterocycles. The van der Waals surface area contributed by atoms with Crippen LogP contribution in [-0.2, 0) is 11.3 Å². The zero-order valence-corrected chi connectivity index (χ0v) is 14.9. The average molecular weight is 363 g/mol. The first kappa shape index (κ1) is 18.4. The van der Waals surface area contributed by atoms with Gasteiger partial charge in [-0.1, -0.05) is 12.1 Å². The number of carbonyl (C=O) groups is 1. The molecule has 1 fully saturated rings. The number of halogens is 2. The van der Waals surface area contributed by atoms with Gasteiger partial charge < -0.3 is 15.0 Å². The summed E-state index contributed by atoms with van der Waals surface area (Å²) < 4.78 is 29.7. The second-order valence-electron chi connectivity index (χ2n) is 6.69. The molecule has 140 valence electrons. The van der Waals surface area contributed by atoms with E-state index in [1.54, 1.807) is 12.3 Å². The number of nitrogens with one attached hydrogen (secondary N) is 1. The Balaban J connectivity index is 1.68. The molecule has 1 unspecified atom stereocenters. The number of allylic oxidation sites excluding steroid dienone is 2. The average Bonchev–Trinajstić information content (AvgIpc) is 3.42. The summed E-state index contributed by atoms with van der Waals surface area (Å²) in [5.41, 5.74) is 2.78. The van der Waals surface area contributed by atoms with Crippen molar-refractivity contribution in [2.45, 2.75) is 45.9 Å². The lowest BCUT2D eigenvalue weighted by molar-refractivity contribution is -0.124. The Morgan fingerprint density at radius 2 is 2.15 bits per heavy atom. The molecule has 1 N–H and O–H groups in total. The van der Waals surface area contributed by atoms with Crippen LogP contribution in [0.3, 0.4) is 0 Å². The lowest BCUT2D eigenvalue weighted by atomic mass is 10.1. The van der Waals surface area contributed by atoms with Crippen LogP contribution in [0.25, 0.3) is 0 Å². The highest BCUT2D eigenvalue weighted by molar-refractivity contribution is 5.81. The van der Waals surface area contributed by atoms with Crippen LogP contribution in [0.1, 0.15) is 30.9 Å². The van der Waals surface area contributed by atoms with E-state index in [1.165, 1.54) is 0 Å². The standard InChI is InChI=1S/C19H23F2N3O2/c1-12-9-14(3-6-16(12)26-11-17(20)21)10-24-13(2)7-8-22-19(24)23-18(25)15-4-5-15/h3,6-9,15,17,19H,4-5,10-11H2,1-2H3,(H,23,25). The van der Waals surface area contributed by atoms with Crippen molar-refractivity contribution in [3.63, 3.8) is 0 Å². The van der Waals surface area contributed by atoms with Crippen molar-refractivity contribution in [1.82, 2.24) is 10.2 Å². The quantitative estimate of drug-likeness (QED) is 0.809. The fourth-order valence-electron chi connectivity index (χ4n) is 2.84. The SMILES string of the molecule is CC1=CC=NC(NC(=O)C2CC2)N1Cc1ccc(OCC(F)F)c(C)c1. The number of nitrogens with zero attached hydrogens (tertiary/aromatic N) is 2. The molecule has 1 atom stereocenters. The molecule has 1 amide bonds. The Morgan fingerprint density at radius 1 is 1.38 bits per heavy atom. The van der Waals surface area contributed by atoms with Gasteiger partial charge in [-0.25, -0.2) is 13.8 Å². The van der Waals surface area contributed by atoms with Crippen molar-refractivity contribution in [3.05, 3.63) is 41.1 Å². The fraction of sp³-hybridized carbons (Fsp3) is 0.474. The Labute approximate surface area is 151 Å². The second kappa shape index (κ2) is 7.85. The Bertz CT molecular complexity index is 729. The van der Waals surface area contributed by atoms with Crippen LogP contribution in [0, 0.1) is 12.8 Å². The Morgan fingerprint density at radius 3 is 2.81 bits per heavy atom. The molecule has 3 rings (SSSR count). The van der Waals surface area contributed by atoms with Gasteiger partial charge in [-0.05, 0) is 50.0 Å². The van der Waals surface area contributed by atoms with Gasteiger partial charge in [0.1, 0.15) is 12.4 Å². The maximum atomic E-state index is 12.3. The molecule has 1 aliphatic carbocycles. The van der Waals surface area contributed by atoms with Crippen molar-refractivity contribution in [3.8, 4) is 5.75 Å². The molecular formula is C19H23F2N3O2. The summed E-state index contributed by atoms with van der Waals surface area (Å²) in [4.78, 5) is 18.5. The molecule has 1 aliphatic heterocycles. The molecule has 0 bridgehead atoms. The minimum absolute atomic E-state index is 0.0405. The molecule has 2 aliphatic rings. The van der Waals surface area contributed by atoms with Crippen LogP contribution in [0.5, 0.6) is 5.75 Å². The van der Waals surface area contributed by atoms with E-state index in [0.717, 1.165) is 29.7 Å². The van der Waals surface area contributed by atoms with E-state index in [-0.39, 0.29) is 11.8 Å². The highest BCUT2D eigenvalue weighted by Gasteiger charge is 2.32. The molecule has 0 aromatic heterocycles. The summed E-state index contributed by atoms with van der Waals surface area (Å²) in [5.74, 6) is 0.613. The van der Waals surface area contributed by atoms with E-state index in [4.69, 9.17) is 4.74 Å².